The van der Waals surface area contributed by atoms with E-state index >= 15 is 0 Å². The van der Waals surface area contributed by atoms with Crippen molar-refractivity contribution in [1.82, 2.24) is 5.32 Å². The number of carbonyl (C=O) groups excluding carboxylic acids is 1. The molecule has 182 valence electrons. The number of ether oxygens (including phenoxy) is 1. The molecule has 0 aliphatic heterocycles. The molecule has 0 aliphatic carbocycles. The zero-order valence-corrected chi connectivity index (χ0v) is 19.7. The molecule has 1 atom stereocenters. The topological polar surface area (TPSA) is 113 Å². The molecule has 1 unspecified atom stereocenters. The van der Waals surface area contributed by atoms with Gasteiger partial charge in [-0.25, -0.2) is 9.59 Å². The maximum absolute atomic E-state index is 11.4. The molecule has 0 rings (SSSR count). The highest BCUT2D eigenvalue weighted by molar-refractivity contribution is 5.78. The third kappa shape index (κ3) is 28.0. The second kappa shape index (κ2) is 24.2. The molecule has 0 spiro atoms. The van der Waals surface area contributed by atoms with Gasteiger partial charge in [-0.15, -0.1) is 0 Å². The van der Waals surface area contributed by atoms with E-state index in [0.717, 1.165) is 18.9 Å². The normalized spacial score (nSPS) is 11.0. The second-order valence-electron chi connectivity index (χ2n) is 7.73. The van der Waals surface area contributed by atoms with E-state index < -0.39 is 18.0 Å². The molecule has 0 bridgehead atoms. The summed E-state index contributed by atoms with van der Waals surface area (Å²) in [6.07, 6.45) is 17.7. The molecule has 0 aliphatic rings. The molecular formula is C24H45NO6. The van der Waals surface area contributed by atoms with E-state index in [1.165, 1.54) is 70.6 Å². The number of carbonyl (C=O) groups is 3. The third-order valence-electron chi connectivity index (χ3n) is 4.85. The van der Waals surface area contributed by atoms with Crippen molar-refractivity contribution in [1.29, 1.82) is 0 Å². The average Bonchev–Trinajstić information content (AvgIpc) is 2.71. The van der Waals surface area contributed by atoms with Crippen LogP contribution in [0.1, 0.15) is 110 Å². The lowest BCUT2D eigenvalue weighted by Crippen LogP contribution is -2.36. The van der Waals surface area contributed by atoms with Gasteiger partial charge in [0.15, 0.2) is 0 Å². The minimum absolute atomic E-state index is 0.0446. The number of hydrogen-bond acceptors (Lipinski definition) is 4. The molecule has 0 saturated heterocycles. The number of aliphatic carboxylic acids is 2. The molecule has 0 heterocycles. The Morgan fingerprint density at radius 3 is 1.61 bits per heavy atom. The summed E-state index contributed by atoms with van der Waals surface area (Å²) in [6, 6.07) is -0.334. The number of rotatable bonds is 19. The molecule has 3 N–H and O–H groups in total. The van der Waals surface area contributed by atoms with Crippen LogP contribution in [0.4, 0.5) is 4.79 Å². The number of hydrogen-bond donors (Lipinski definition) is 3. The van der Waals surface area contributed by atoms with Crippen LogP contribution in [0.15, 0.2) is 12.7 Å². The molecule has 7 nitrogen and oxygen atoms in total. The molecule has 0 saturated carbocycles. The smallest absolute Gasteiger partial charge is 0.407 e. The molecular weight excluding hydrogens is 398 g/mol. The zero-order chi connectivity index (χ0) is 23.7. The molecule has 0 aromatic carbocycles. The Kier molecular flexibility index (Phi) is 24.3. The Balaban J connectivity index is 0. The van der Waals surface area contributed by atoms with Crippen LogP contribution in [0.3, 0.4) is 0 Å². The van der Waals surface area contributed by atoms with Crippen molar-refractivity contribution in [2.75, 3.05) is 6.61 Å². The van der Waals surface area contributed by atoms with Crippen LogP contribution in [0.25, 0.3) is 0 Å². The van der Waals surface area contributed by atoms with Gasteiger partial charge in [0.1, 0.15) is 0 Å². The third-order valence-corrected chi connectivity index (χ3v) is 4.85. The minimum atomic E-state index is -0.981. The number of unbranched alkanes of at least 4 members (excludes halogenated alkanes) is 12. The molecule has 0 aromatic heterocycles. The standard InChI is InChI=1S/C21H41NO4.C3H4O2/c1-3-5-6-7-8-9-10-11-12-13-14-15-16-17-19(18-20(23)24)22-21(25)26-4-2;1-2-3(4)5/h19H,3-18H2,1-2H3,(H,22,25)(H,23,24);2H,1H2,(H,4,5). The van der Waals surface area contributed by atoms with Gasteiger partial charge in [-0.2, -0.15) is 0 Å². The van der Waals surface area contributed by atoms with E-state index in [0.29, 0.717) is 13.0 Å². The monoisotopic (exact) mass is 443 g/mol. The Hall–Kier alpha value is -2.05. The summed E-state index contributed by atoms with van der Waals surface area (Å²) in [5.41, 5.74) is 0. The van der Waals surface area contributed by atoms with Crippen molar-refractivity contribution in [3.63, 3.8) is 0 Å². The van der Waals surface area contributed by atoms with Gasteiger partial charge in [0.25, 0.3) is 0 Å². The number of nitrogens with one attached hydrogen (secondary N) is 1. The fraction of sp³-hybridized carbons (Fsp3) is 0.792. The van der Waals surface area contributed by atoms with Gasteiger partial charge in [-0.3, -0.25) is 4.79 Å². The van der Waals surface area contributed by atoms with Gasteiger partial charge < -0.3 is 20.3 Å². The van der Waals surface area contributed by atoms with Crippen molar-refractivity contribution in [3.8, 4) is 0 Å². The van der Waals surface area contributed by atoms with Crippen molar-refractivity contribution >= 4 is 18.0 Å². The van der Waals surface area contributed by atoms with Crippen molar-refractivity contribution < 1.29 is 29.3 Å². The van der Waals surface area contributed by atoms with Crippen LogP contribution in [-0.2, 0) is 14.3 Å². The van der Waals surface area contributed by atoms with Crippen LogP contribution in [0.5, 0.6) is 0 Å². The predicted octanol–water partition coefficient (Wildman–Crippen LogP) is 6.31. The van der Waals surface area contributed by atoms with E-state index in [1.807, 2.05) is 0 Å². The van der Waals surface area contributed by atoms with Gasteiger partial charge in [0.2, 0.25) is 0 Å². The lowest BCUT2D eigenvalue weighted by Gasteiger charge is -2.16. The van der Waals surface area contributed by atoms with Crippen molar-refractivity contribution in [2.24, 2.45) is 0 Å². The van der Waals surface area contributed by atoms with Crippen LogP contribution < -0.4 is 5.32 Å². The summed E-state index contributed by atoms with van der Waals surface area (Å²) in [5.74, 6) is -1.87. The second-order valence-corrected chi connectivity index (χ2v) is 7.73. The van der Waals surface area contributed by atoms with Gasteiger partial charge in [-0.1, -0.05) is 97.0 Å². The Morgan fingerprint density at radius 1 is 0.839 bits per heavy atom. The first kappa shape index (κ1) is 31.1. The minimum Gasteiger partial charge on any atom is -0.481 e. The summed E-state index contributed by atoms with van der Waals surface area (Å²) in [6.45, 7) is 7.24. The van der Waals surface area contributed by atoms with Crippen molar-refractivity contribution in [2.45, 2.75) is 116 Å². The lowest BCUT2D eigenvalue weighted by molar-refractivity contribution is -0.137. The number of carboxylic acid groups (broad SMARTS) is 2. The van der Waals surface area contributed by atoms with E-state index in [4.69, 9.17) is 14.9 Å². The maximum atomic E-state index is 11.4. The van der Waals surface area contributed by atoms with Crippen LogP contribution >= 0.6 is 0 Å². The fourth-order valence-electron chi connectivity index (χ4n) is 3.18. The quantitative estimate of drug-likeness (QED) is 0.159. The van der Waals surface area contributed by atoms with E-state index in [2.05, 4.69) is 18.8 Å². The molecule has 0 aromatic rings. The summed E-state index contributed by atoms with van der Waals surface area (Å²) in [4.78, 5) is 31.6. The van der Waals surface area contributed by atoms with E-state index in [-0.39, 0.29) is 12.5 Å². The SMILES string of the molecule is C=CC(=O)O.CCCCCCCCCCCCCCCC(CC(=O)O)NC(=O)OCC. The largest absolute Gasteiger partial charge is 0.481 e. The number of amides is 1. The Morgan fingerprint density at radius 2 is 1.26 bits per heavy atom. The summed E-state index contributed by atoms with van der Waals surface area (Å²) < 4.78 is 4.83. The highest BCUT2D eigenvalue weighted by Crippen LogP contribution is 2.14. The van der Waals surface area contributed by atoms with E-state index in [9.17, 15) is 14.4 Å². The Labute approximate surface area is 188 Å². The molecule has 7 heteroatoms. The molecule has 1 amide bonds. The predicted molar refractivity (Wildman–Crippen MR) is 124 cm³/mol. The first-order chi connectivity index (χ1) is 14.9. The molecule has 0 radical (unpaired) electrons. The highest BCUT2D eigenvalue weighted by atomic mass is 16.5. The summed E-state index contributed by atoms with van der Waals surface area (Å²) >= 11 is 0. The average molecular weight is 444 g/mol. The lowest BCUT2D eigenvalue weighted by atomic mass is 10.0. The van der Waals surface area contributed by atoms with Gasteiger partial charge >= 0.3 is 18.0 Å². The van der Waals surface area contributed by atoms with Crippen LogP contribution in [0, 0.1) is 0 Å². The Bertz CT molecular complexity index is 467. The fourth-order valence-corrected chi connectivity index (χ4v) is 3.18. The molecule has 0 fully saturated rings. The van der Waals surface area contributed by atoms with Crippen molar-refractivity contribution in [3.05, 3.63) is 12.7 Å². The van der Waals surface area contributed by atoms with Gasteiger partial charge in [-0.05, 0) is 13.3 Å². The van der Waals surface area contributed by atoms with Gasteiger partial charge in [0.05, 0.1) is 13.0 Å². The summed E-state index contributed by atoms with van der Waals surface area (Å²) in [7, 11) is 0. The zero-order valence-electron chi connectivity index (χ0n) is 19.7. The first-order valence-corrected chi connectivity index (χ1v) is 11.9. The van der Waals surface area contributed by atoms with E-state index in [1.54, 1.807) is 6.92 Å². The maximum Gasteiger partial charge on any atom is 0.407 e. The van der Waals surface area contributed by atoms with Gasteiger partial charge in [0, 0.05) is 12.1 Å². The van der Waals surface area contributed by atoms with Crippen LogP contribution in [0.2, 0.25) is 0 Å². The highest BCUT2D eigenvalue weighted by Gasteiger charge is 2.16. The van der Waals surface area contributed by atoms with Crippen LogP contribution in [-0.4, -0.2) is 40.9 Å². The summed E-state index contributed by atoms with van der Waals surface area (Å²) in [5, 5.41) is 19.2. The number of carboxylic acids is 2. The first-order valence-electron chi connectivity index (χ1n) is 11.9. The molecule has 31 heavy (non-hydrogen) atoms. The number of alkyl carbamates (subject to hydrolysis) is 1.